The van der Waals surface area contributed by atoms with Gasteiger partial charge in [-0.2, -0.15) is 0 Å². The molecule has 0 saturated carbocycles. The number of carbonyl (C=O) groups is 1. The molecule has 3 nitrogen and oxygen atoms in total. The van der Waals surface area contributed by atoms with Gasteiger partial charge >= 0.3 is 0 Å². The number of benzene rings is 2. The zero-order chi connectivity index (χ0) is 13.8. The molecule has 0 bridgehead atoms. The van der Waals surface area contributed by atoms with Gasteiger partial charge in [-0.1, -0.05) is 41.4 Å². The summed E-state index contributed by atoms with van der Waals surface area (Å²) >= 11 is 12.0. The Balaban J connectivity index is 2.36. The lowest BCUT2D eigenvalue weighted by Crippen LogP contribution is -2.14. The molecule has 0 spiro atoms. The highest BCUT2D eigenvalue weighted by molar-refractivity contribution is 6.37. The van der Waals surface area contributed by atoms with Crippen LogP contribution >= 0.6 is 23.2 Å². The Labute approximate surface area is 121 Å². The largest absolute Gasteiger partial charge is 0.494 e. The maximum Gasteiger partial charge on any atom is 0.261 e. The minimum Gasteiger partial charge on any atom is -0.494 e. The van der Waals surface area contributed by atoms with Crippen LogP contribution in [0.4, 0.5) is 5.69 Å². The molecule has 2 rings (SSSR count). The third-order valence-electron chi connectivity index (χ3n) is 2.52. The lowest BCUT2D eigenvalue weighted by Gasteiger charge is -2.12. The van der Waals surface area contributed by atoms with Crippen molar-refractivity contribution in [2.45, 2.75) is 0 Å². The van der Waals surface area contributed by atoms with E-state index in [1.54, 1.807) is 24.3 Å². The van der Waals surface area contributed by atoms with E-state index in [4.69, 9.17) is 27.9 Å². The minimum atomic E-state index is -0.365. The molecule has 0 aliphatic carbocycles. The fourth-order valence-electron chi connectivity index (χ4n) is 1.66. The zero-order valence-corrected chi connectivity index (χ0v) is 11.6. The molecule has 98 valence electrons. The summed E-state index contributed by atoms with van der Waals surface area (Å²) in [7, 11) is 1.44. The number of carbonyl (C=O) groups excluding carboxylic acids is 1. The Morgan fingerprint density at radius 3 is 2.32 bits per heavy atom. The van der Waals surface area contributed by atoms with Gasteiger partial charge in [-0.3, -0.25) is 4.79 Å². The highest BCUT2D eigenvalue weighted by Crippen LogP contribution is 2.34. The first-order chi connectivity index (χ1) is 9.13. The van der Waals surface area contributed by atoms with Crippen LogP contribution in [0.5, 0.6) is 5.75 Å². The highest BCUT2D eigenvalue weighted by Gasteiger charge is 2.19. The highest BCUT2D eigenvalue weighted by atomic mass is 35.5. The molecule has 1 N–H and O–H groups in total. The number of halogens is 2. The Hall–Kier alpha value is -1.71. The first-order valence-corrected chi connectivity index (χ1v) is 6.27. The van der Waals surface area contributed by atoms with Crippen molar-refractivity contribution in [3.05, 3.63) is 58.1 Å². The van der Waals surface area contributed by atoms with Gasteiger partial charge in [-0.25, -0.2) is 0 Å². The Morgan fingerprint density at radius 1 is 1.05 bits per heavy atom. The Morgan fingerprint density at radius 2 is 1.68 bits per heavy atom. The number of amides is 1. The summed E-state index contributed by atoms with van der Waals surface area (Å²) in [6.07, 6.45) is 0. The molecule has 0 fully saturated rings. The van der Waals surface area contributed by atoms with Crippen molar-refractivity contribution in [1.29, 1.82) is 0 Å². The Bertz CT molecular complexity index is 600. The fourth-order valence-corrected chi connectivity index (χ4v) is 2.13. The zero-order valence-electron chi connectivity index (χ0n) is 10.1. The van der Waals surface area contributed by atoms with Gasteiger partial charge in [0.2, 0.25) is 0 Å². The normalized spacial score (nSPS) is 10.1. The van der Waals surface area contributed by atoms with Crippen LogP contribution in [0, 0.1) is 0 Å². The van der Waals surface area contributed by atoms with E-state index in [9.17, 15) is 4.79 Å². The van der Waals surface area contributed by atoms with Crippen LogP contribution in [-0.4, -0.2) is 13.0 Å². The maximum absolute atomic E-state index is 12.2. The van der Waals surface area contributed by atoms with Crippen molar-refractivity contribution in [3.8, 4) is 5.75 Å². The van der Waals surface area contributed by atoms with Crippen molar-refractivity contribution in [2.75, 3.05) is 12.4 Å². The SMILES string of the molecule is COc1c(Cl)ccc(Cl)c1C(=O)Nc1ccccc1. The molecule has 0 radical (unpaired) electrons. The number of anilines is 1. The van der Waals surface area contributed by atoms with E-state index < -0.39 is 0 Å². The molecule has 5 heteroatoms. The van der Waals surface area contributed by atoms with Gasteiger partial charge in [-0.05, 0) is 24.3 Å². The molecular weight excluding hydrogens is 285 g/mol. The smallest absolute Gasteiger partial charge is 0.261 e. The van der Waals surface area contributed by atoms with E-state index in [0.29, 0.717) is 10.7 Å². The summed E-state index contributed by atoms with van der Waals surface area (Å²) in [5.74, 6) is -0.0989. The summed E-state index contributed by atoms with van der Waals surface area (Å²) in [5, 5.41) is 3.36. The van der Waals surface area contributed by atoms with Gasteiger partial charge in [0.15, 0.2) is 5.75 Å². The van der Waals surface area contributed by atoms with Crippen LogP contribution in [0.15, 0.2) is 42.5 Å². The molecule has 0 unspecified atom stereocenters. The van der Waals surface area contributed by atoms with Crippen LogP contribution in [0.25, 0.3) is 0 Å². The summed E-state index contributed by atoms with van der Waals surface area (Å²) in [4.78, 5) is 12.2. The van der Waals surface area contributed by atoms with Crippen molar-refractivity contribution < 1.29 is 9.53 Å². The number of nitrogens with one attached hydrogen (secondary N) is 1. The van der Waals surface area contributed by atoms with E-state index in [1.807, 2.05) is 18.2 Å². The van der Waals surface area contributed by atoms with Crippen molar-refractivity contribution in [1.82, 2.24) is 0 Å². The summed E-state index contributed by atoms with van der Waals surface area (Å²) in [6, 6.07) is 12.2. The second kappa shape index (κ2) is 5.95. The standard InChI is InChI=1S/C14H11Cl2NO2/c1-19-13-11(16)8-7-10(15)12(13)14(18)17-9-5-3-2-4-6-9/h2-8H,1H3,(H,17,18). The summed E-state index contributed by atoms with van der Waals surface area (Å²) in [5.41, 5.74) is 0.895. The number of hydrogen-bond acceptors (Lipinski definition) is 2. The topological polar surface area (TPSA) is 38.3 Å². The number of hydrogen-bond donors (Lipinski definition) is 1. The van der Waals surface area contributed by atoms with Crippen LogP contribution in [0.1, 0.15) is 10.4 Å². The molecule has 2 aromatic carbocycles. The van der Waals surface area contributed by atoms with Crippen LogP contribution in [-0.2, 0) is 0 Å². The average Bonchev–Trinajstić information content (AvgIpc) is 2.42. The maximum atomic E-state index is 12.2. The predicted molar refractivity (Wildman–Crippen MR) is 77.4 cm³/mol. The van der Waals surface area contributed by atoms with Crippen molar-refractivity contribution in [3.63, 3.8) is 0 Å². The number of rotatable bonds is 3. The van der Waals surface area contributed by atoms with E-state index in [-0.39, 0.29) is 22.2 Å². The van der Waals surface area contributed by atoms with Gasteiger partial charge in [0.25, 0.3) is 5.91 Å². The monoisotopic (exact) mass is 295 g/mol. The van der Waals surface area contributed by atoms with E-state index >= 15 is 0 Å². The van der Waals surface area contributed by atoms with E-state index in [0.717, 1.165) is 0 Å². The molecule has 19 heavy (non-hydrogen) atoms. The lowest BCUT2D eigenvalue weighted by molar-refractivity contribution is 0.102. The van der Waals surface area contributed by atoms with Crippen LogP contribution < -0.4 is 10.1 Å². The predicted octanol–water partition coefficient (Wildman–Crippen LogP) is 4.25. The summed E-state index contributed by atoms with van der Waals surface area (Å²) < 4.78 is 5.14. The molecule has 0 heterocycles. The second-order valence-corrected chi connectivity index (χ2v) is 4.57. The minimum absolute atomic E-state index is 0.223. The molecular formula is C14H11Cl2NO2. The van der Waals surface area contributed by atoms with Crippen molar-refractivity contribution in [2.24, 2.45) is 0 Å². The number of ether oxygens (including phenoxy) is 1. The molecule has 1 amide bonds. The number of para-hydroxylation sites is 1. The fraction of sp³-hybridized carbons (Fsp3) is 0.0714. The average molecular weight is 296 g/mol. The molecule has 2 aromatic rings. The quantitative estimate of drug-likeness (QED) is 0.919. The number of methoxy groups -OCH3 is 1. The van der Waals surface area contributed by atoms with Gasteiger partial charge in [0, 0.05) is 5.69 Å². The van der Waals surface area contributed by atoms with Gasteiger partial charge in [-0.15, -0.1) is 0 Å². The first-order valence-electron chi connectivity index (χ1n) is 5.52. The lowest BCUT2D eigenvalue weighted by atomic mass is 10.1. The summed E-state index contributed by atoms with van der Waals surface area (Å²) in [6.45, 7) is 0. The molecule has 0 aliphatic heterocycles. The Kier molecular flexibility index (Phi) is 4.30. The van der Waals surface area contributed by atoms with E-state index in [2.05, 4.69) is 5.32 Å². The van der Waals surface area contributed by atoms with Crippen LogP contribution in [0.2, 0.25) is 10.0 Å². The first kappa shape index (κ1) is 13.7. The molecule has 0 atom stereocenters. The van der Waals surface area contributed by atoms with Gasteiger partial charge in [0.05, 0.1) is 17.2 Å². The third-order valence-corrected chi connectivity index (χ3v) is 3.13. The third kappa shape index (κ3) is 3.00. The van der Waals surface area contributed by atoms with Gasteiger partial charge in [0.1, 0.15) is 5.56 Å². The van der Waals surface area contributed by atoms with Crippen molar-refractivity contribution >= 4 is 34.8 Å². The molecule has 0 saturated heterocycles. The second-order valence-electron chi connectivity index (χ2n) is 3.76. The van der Waals surface area contributed by atoms with E-state index in [1.165, 1.54) is 7.11 Å². The molecule has 0 aromatic heterocycles. The van der Waals surface area contributed by atoms with Crippen LogP contribution in [0.3, 0.4) is 0 Å². The van der Waals surface area contributed by atoms with Gasteiger partial charge < -0.3 is 10.1 Å². The molecule has 0 aliphatic rings.